The second-order valence-corrected chi connectivity index (χ2v) is 10.9. The fourth-order valence-corrected chi connectivity index (χ4v) is 4.01. The molecule has 4 N–H and O–H groups in total. The predicted octanol–water partition coefficient (Wildman–Crippen LogP) is 3.13. The monoisotopic (exact) mass is 538 g/mol. The van der Waals surface area contributed by atoms with Crippen LogP contribution >= 0.6 is 0 Å². The molecule has 9 heteroatoms. The molecule has 0 bridgehead atoms. The molecule has 2 aromatic rings. The van der Waals surface area contributed by atoms with Crippen molar-refractivity contribution >= 4 is 24.2 Å². The fourth-order valence-electron chi connectivity index (χ4n) is 4.01. The lowest BCUT2D eigenvalue weighted by Crippen LogP contribution is -2.59. The van der Waals surface area contributed by atoms with Gasteiger partial charge in [0.15, 0.2) is 0 Å². The van der Waals surface area contributed by atoms with Crippen LogP contribution in [0.4, 0.5) is 4.79 Å². The van der Waals surface area contributed by atoms with Crippen LogP contribution in [0.5, 0.6) is 0 Å². The summed E-state index contributed by atoms with van der Waals surface area (Å²) >= 11 is 0. The second-order valence-electron chi connectivity index (χ2n) is 10.9. The molecule has 0 aliphatic carbocycles. The number of rotatable bonds is 14. The molecule has 2 rings (SSSR count). The number of carbonyl (C=O) groups is 4. The van der Waals surface area contributed by atoms with E-state index in [0.717, 1.165) is 11.1 Å². The number of aldehydes is 1. The first-order chi connectivity index (χ1) is 18.5. The van der Waals surface area contributed by atoms with Gasteiger partial charge in [0.1, 0.15) is 17.9 Å². The molecular weight excluding hydrogens is 496 g/mol. The molecule has 2 aromatic carbocycles. The van der Waals surface area contributed by atoms with E-state index in [1.165, 1.54) is 0 Å². The van der Waals surface area contributed by atoms with Gasteiger partial charge < -0.3 is 25.5 Å². The molecule has 39 heavy (non-hydrogen) atoms. The Balaban J connectivity index is 2.30. The van der Waals surface area contributed by atoms with E-state index in [9.17, 15) is 19.2 Å². The van der Waals surface area contributed by atoms with Gasteiger partial charge in [-0.1, -0.05) is 74.5 Å². The molecule has 3 atom stereocenters. The van der Waals surface area contributed by atoms with E-state index < -0.39 is 35.9 Å². The van der Waals surface area contributed by atoms with Gasteiger partial charge in [0.25, 0.3) is 0 Å². The molecule has 0 radical (unpaired) electrons. The van der Waals surface area contributed by atoms with Crippen LogP contribution in [0.2, 0.25) is 0 Å². The van der Waals surface area contributed by atoms with Crippen LogP contribution in [0.15, 0.2) is 60.7 Å². The molecule has 0 saturated carbocycles. The van der Waals surface area contributed by atoms with E-state index in [-0.39, 0.29) is 24.8 Å². The van der Waals surface area contributed by atoms with E-state index in [4.69, 9.17) is 4.74 Å². The van der Waals surface area contributed by atoms with Crippen molar-refractivity contribution in [1.29, 1.82) is 0 Å². The number of amides is 3. The quantitative estimate of drug-likeness (QED) is 0.216. The lowest BCUT2D eigenvalue weighted by atomic mass is 10.0. The van der Waals surface area contributed by atoms with Gasteiger partial charge >= 0.3 is 6.09 Å². The topological polar surface area (TPSA) is 126 Å². The molecule has 9 nitrogen and oxygen atoms in total. The van der Waals surface area contributed by atoms with E-state index >= 15 is 0 Å². The largest absolute Gasteiger partial charge is 0.444 e. The van der Waals surface area contributed by atoms with Crippen LogP contribution in [-0.2, 0) is 32.0 Å². The Morgan fingerprint density at radius 1 is 0.821 bits per heavy atom. The van der Waals surface area contributed by atoms with E-state index in [1.54, 1.807) is 20.8 Å². The Hall–Kier alpha value is -3.72. The third kappa shape index (κ3) is 12.6. The van der Waals surface area contributed by atoms with Crippen LogP contribution in [0.25, 0.3) is 0 Å². The van der Waals surface area contributed by atoms with Gasteiger partial charge in [0.2, 0.25) is 11.8 Å². The zero-order valence-corrected chi connectivity index (χ0v) is 23.5. The van der Waals surface area contributed by atoms with Crippen molar-refractivity contribution < 1.29 is 23.9 Å². The molecular formula is C30H42N4O5. The number of benzene rings is 2. The summed E-state index contributed by atoms with van der Waals surface area (Å²) in [7, 11) is 0. The summed E-state index contributed by atoms with van der Waals surface area (Å²) in [5.74, 6) is -0.567. The van der Waals surface area contributed by atoms with Crippen molar-refractivity contribution in [2.75, 3.05) is 6.54 Å². The molecule has 212 valence electrons. The molecule has 0 fully saturated rings. The Bertz CT molecular complexity index is 1050. The smallest absolute Gasteiger partial charge is 0.408 e. The number of ether oxygens (including phenoxy) is 1. The minimum absolute atomic E-state index is 0.0935. The lowest BCUT2D eigenvalue weighted by Gasteiger charge is -2.29. The predicted molar refractivity (Wildman–Crippen MR) is 151 cm³/mol. The highest BCUT2D eigenvalue weighted by molar-refractivity contribution is 5.86. The SMILES string of the molecule is CC(C)CC(N[C@@H](Cc1ccccc1)NC(=O)C(Cc1ccccc1)NC(=O)OC(C)(C)C)C(=O)NCC=O. The molecule has 0 aliphatic heterocycles. The van der Waals surface area contributed by atoms with Crippen LogP contribution in [0.1, 0.15) is 52.2 Å². The number of carbonyl (C=O) groups excluding carboxylic acids is 4. The first-order valence-electron chi connectivity index (χ1n) is 13.3. The van der Waals surface area contributed by atoms with Crippen molar-refractivity contribution in [2.45, 2.75) is 77.7 Å². The first kappa shape index (κ1) is 31.5. The summed E-state index contributed by atoms with van der Waals surface area (Å²) < 4.78 is 5.41. The van der Waals surface area contributed by atoms with Gasteiger partial charge in [-0.05, 0) is 44.2 Å². The van der Waals surface area contributed by atoms with Crippen LogP contribution in [-0.4, -0.2) is 54.6 Å². The van der Waals surface area contributed by atoms with Gasteiger partial charge in [-0.15, -0.1) is 0 Å². The molecule has 0 spiro atoms. The summed E-state index contributed by atoms with van der Waals surface area (Å²) in [4.78, 5) is 49.9. The molecule has 0 aliphatic rings. The molecule has 0 aromatic heterocycles. The summed E-state index contributed by atoms with van der Waals surface area (Å²) in [6.07, 6.45) is 0.437. The third-order valence-electron chi connectivity index (χ3n) is 5.67. The summed E-state index contributed by atoms with van der Waals surface area (Å²) in [5, 5.41) is 11.6. The van der Waals surface area contributed by atoms with Crippen molar-refractivity contribution in [3.63, 3.8) is 0 Å². The normalized spacial score (nSPS) is 13.6. The number of hydrogen-bond acceptors (Lipinski definition) is 6. The highest BCUT2D eigenvalue weighted by Crippen LogP contribution is 2.11. The van der Waals surface area contributed by atoms with Gasteiger partial charge in [-0.25, -0.2) is 4.79 Å². The standard InChI is InChI=1S/C30H42N4O5/c1-21(2)18-24(27(36)31-16-17-35)32-26(20-23-14-10-7-11-15-23)34-28(37)25(19-22-12-8-6-9-13-22)33-29(38)39-30(3,4)5/h6-15,17,21,24-26,32H,16,18-20H2,1-5H3,(H,31,36)(H,33,38)(H,34,37)/t24?,25?,26-/m1/s1. The van der Waals surface area contributed by atoms with Gasteiger partial charge in [0, 0.05) is 12.8 Å². The number of hydrogen-bond donors (Lipinski definition) is 4. The Kier molecular flexibility index (Phi) is 12.6. The summed E-state index contributed by atoms with van der Waals surface area (Å²) in [5.41, 5.74) is 1.09. The van der Waals surface area contributed by atoms with E-state index in [1.807, 2.05) is 74.5 Å². The maximum Gasteiger partial charge on any atom is 0.408 e. The highest BCUT2D eigenvalue weighted by Gasteiger charge is 2.29. The molecule has 2 unspecified atom stereocenters. The minimum Gasteiger partial charge on any atom is -0.444 e. The Labute approximate surface area is 231 Å². The molecule has 0 saturated heterocycles. The Morgan fingerprint density at radius 2 is 1.38 bits per heavy atom. The average Bonchev–Trinajstić information content (AvgIpc) is 2.86. The summed E-state index contributed by atoms with van der Waals surface area (Å²) in [6.45, 7) is 9.15. The van der Waals surface area contributed by atoms with Crippen molar-refractivity contribution in [1.82, 2.24) is 21.3 Å². The van der Waals surface area contributed by atoms with E-state index in [2.05, 4.69) is 21.3 Å². The minimum atomic E-state index is -0.922. The maximum atomic E-state index is 13.6. The first-order valence-corrected chi connectivity index (χ1v) is 13.3. The van der Waals surface area contributed by atoms with Crippen LogP contribution in [0.3, 0.4) is 0 Å². The van der Waals surface area contributed by atoms with Gasteiger partial charge in [-0.3, -0.25) is 14.9 Å². The van der Waals surface area contributed by atoms with Gasteiger partial charge in [-0.2, -0.15) is 0 Å². The van der Waals surface area contributed by atoms with Crippen molar-refractivity contribution in [3.05, 3.63) is 71.8 Å². The molecule has 0 heterocycles. The lowest BCUT2D eigenvalue weighted by molar-refractivity contribution is -0.127. The van der Waals surface area contributed by atoms with Crippen LogP contribution < -0.4 is 21.3 Å². The Morgan fingerprint density at radius 3 is 1.90 bits per heavy atom. The van der Waals surface area contributed by atoms with E-state index in [0.29, 0.717) is 19.1 Å². The second kappa shape index (κ2) is 15.6. The number of nitrogens with one attached hydrogen (secondary N) is 4. The number of alkyl carbamates (subject to hydrolysis) is 1. The third-order valence-corrected chi connectivity index (χ3v) is 5.67. The van der Waals surface area contributed by atoms with Crippen molar-refractivity contribution in [3.8, 4) is 0 Å². The maximum absolute atomic E-state index is 13.6. The van der Waals surface area contributed by atoms with Crippen LogP contribution in [0, 0.1) is 5.92 Å². The van der Waals surface area contributed by atoms with Crippen molar-refractivity contribution in [2.24, 2.45) is 5.92 Å². The van der Waals surface area contributed by atoms with Gasteiger partial charge in [0.05, 0.1) is 18.8 Å². The average molecular weight is 539 g/mol. The zero-order valence-electron chi connectivity index (χ0n) is 23.5. The highest BCUT2D eigenvalue weighted by atomic mass is 16.6. The zero-order chi connectivity index (χ0) is 28.8. The summed E-state index contributed by atoms with van der Waals surface area (Å²) in [6, 6.07) is 17.4. The fraction of sp³-hybridized carbons (Fsp3) is 0.467. The molecule has 3 amide bonds.